The lowest BCUT2D eigenvalue weighted by atomic mass is 10.3. The van der Waals surface area contributed by atoms with Gasteiger partial charge in [0.1, 0.15) is 25.3 Å². The maximum absolute atomic E-state index is 10.0. The Balaban J connectivity index is 4.04. The second kappa shape index (κ2) is 9.55. The molecule has 88 valence electrons. The molecule has 0 aromatic heterocycles. The van der Waals surface area contributed by atoms with Crippen LogP contribution in [-0.2, 0) is 14.4 Å². The molecule has 0 fully saturated rings. The molecule has 4 N–H and O–H groups in total. The van der Waals surface area contributed by atoms with Crippen molar-refractivity contribution in [2.45, 2.75) is 12.2 Å². The molecule has 0 bridgehead atoms. The van der Waals surface area contributed by atoms with E-state index in [1.54, 1.807) is 0 Å². The first-order valence-electron chi connectivity index (χ1n) is 4.15. The highest BCUT2D eigenvalue weighted by Gasteiger charge is 2.17. The van der Waals surface area contributed by atoms with E-state index in [4.69, 9.17) is 16.5 Å². The summed E-state index contributed by atoms with van der Waals surface area (Å²) in [4.78, 5) is 28.7. The maximum Gasteiger partial charge on any atom is 0.110 e. The van der Waals surface area contributed by atoms with E-state index in [-0.39, 0.29) is 26.3 Å². The van der Waals surface area contributed by atoms with Crippen molar-refractivity contribution in [3.8, 4) is 0 Å². The minimum absolute atomic E-state index is 0.0222. The minimum Gasteiger partial charge on any atom is -0.366 e. The van der Waals surface area contributed by atoms with Gasteiger partial charge in [0, 0.05) is 0 Å². The van der Waals surface area contributed by atoms with Gasteiger partial charge in [-0.3, -0.25) is 0 Å². The minimum atomic E-state index is -0.644. The molecule has 0 aromatic rings. The molecule has 0 saturated heterocycles. The number of nitroso groups, excluding NO2 is 2. The molecular weight excluding hydrogens is 208 g/mol. The molecule has 0 saturated carbocycles. The van der Waals surface area contributed by atoms with Crippen molar-refractivity contribution in [3.63, 3.8) is 0 Å². The molecule has 0 rings (SSSR count). The zero-order chi connectivity index (χ0) is 11.5. The highest BCUT2D eigenvalue weighted by molar-refractivity contribution is 4.66. The van der Waals surface area contributed by atoms with Crippen LogP contribution < -0.4 is 11.8 Å². The molecule has 9 nitrogen and oxygen atoms in total. The summed E-state index contributed by atoms with van der Waals surface area (Å²) in [6, 6.07) is 0. The molecule has 0 aliphatic carbocycles. The Kier molecular flexibility index (Phi) is 8.91. The fourth-order valence-electron chi connectivity index (χ4n) is 0.923. The van der Waals surface area contributed by atoms with Crippen LogP contribution in [0, 0.1) is 9.81 Å². The summed E-state index contributed by atoms with van der Waals surface area (Å²) in [5, 5.41) is 5.27. The number of nitrogens with two attached hydrogens (primary N) is 2. The van der Waals surface area contributed by atoms with E-state index >= 15 is 0 Å². The van der Waals surface area contributed by atoms with Gasteiger partial charge in [0.05, 0.1) is 13.2 Å². The predicted octanol–water partition coefficient (Wildman–Crippen LogP) is -0.946. The van der Waals surface area contributed by atoms with Crippen molar-refractivity contribution in [2.75, 3.05) is 26.3 Å². The number of hydrogen-bond acceptors (Lipinski definition) is 9. The summed E-state index contributed by atoms with van der Waals surface area (Å²) in [5.74, 6) is 9.64. The van der Waals surface area contributed by atoms with Gasteiger partial charge in [0.15, 0.2) is 0 Å². The first kappa shape index (κ1) is 14.0. The third-order valence-corrected chi connectivity index (χ3v) is 1.51. The van der Waals surface area contributed by atoms with Crippen molar-refractivity contribution >= 4 is 0 Å². The van der Waals surface area contributed by atoms with Crippen molar-refractivity contribution < 1.29 is 14.4 Å². The Morgan fingerprint density at radius 3 is 1.60 bits per heavy atom. The molecule has 9 heteroatoms. The van der Waals surface area contributed by atoms with Gasteiger partial charge in [-0.25, -0.2) is 11.8 Å². The molecular formula is C6H14N4O5. The van der Waals surface area contributed by atoms with E-state index in [1.165, 1.54) is 0 Å². The summed E-state index contributed by atoms with van der Waals surface area (Å²) in [5.41, 5.74) is 0. The molecule has 0 aliphatic rings. The smallest absolute Gasteiger partial charge is 0.110 e. The van der Waals surface area contributed by atoms with Crippen LogP contribution in [0.4, 0.5) is 0 Å². The van der Waals surface area contributed by atoms with Gasteiger partial charge in [-0.05, 0) is 0 Å². The van der Waals surface area contributed by atoms with Gasteiger partial charge in [-0.2, -0.15) is 9.81 Å². The molecule has 0 radical (unpaired) electrons. The van der Waals surface area contributed by atoms with Crippen LogP contribution in [0.3, 0.4) is 0 Å². The van der Waals surface area contributed by atoms with E-state index in [2.05, 4.69) is 20.0 Å². The SMILES string of the molecule is NOCC(CN=O)OC(CN=O)CON. The Bertz CT molecular complexity index is 163. The maximum atomic E-state index is 10.0. The molecule has 0 aromatic carbocycles. The van der Waals surface area contributed by atoms with Crippen molar-refractivity contribution in [2.24, 2.45) is 22.1 Å². The largest absolute Gasteiger partial charge is 0.366 e. The standard InChI is InChI=1S/C6H14N4O5/c7-13-3-5(1-9-11)15-6(2-10-12)4-14-8/h5-6H,1-4,7-8H2. The first-order chi connectivity index (χ1) is 7.28. The fraction of sp³-hybridized carbons (Fsp3) is 1.00. The monoisotopic (exact) mass is 222 g/mol. The first-order valence-corrected chi connectivity index (χ1v) is 4.15. The number of nitrogens with zero attached hydrogens (tertiary/aromatic N) is 2. The second-order valence-corrected chi connectivity index (χ2v) is 2.67. The Labute approximate surface area is 85.9 Å². The van der Waals surface area contributed by atoms with Crippen LogP contribution in [0.2, 0.25) is 0 Å². The predicted molar refractivity (Wildman–Crippen MR) is 50.3 cm³/mol. The van der Waals surface area contributed by atoms with Crippen LogP contribution >= 0.6 is 0 Å². The summed E-state index contributed by atoms with van der Waals surface area (Å²) in [7, 11) is 0. The van der Waals surface area contributed by atoms with Gasteiger partial charge in [-0.1, -0.05) is 10.4 Å². The van der Waals surface area contributed by atoms with Gasteiger partial charge < -0.3 is 14.4 Å². The molecule has 15 heavy (non-hydrogen) atoms. The lowest BCUT2D eigenvalue weighted by molar-refractivity contribution is -0.0784. The summed E-state index contributed by atoms with van der Waals surface area (Å²) >= 11 is 0. The van der Waals surface area contributed by atoms with E-state index in [0.717, 1.165) is 0 Å². The van der Waals surface area contributed by atoms with Crippen LogP contribution in [0.25, 0.3) is 0 Å². The van der Waals surface area contributed by atoms with Gasteiger partial charge in [-0.15, -0.1) is 0 Å². The summed E-state index contributed by atoms with van der Waals surface area (Å²) in [6.45, 7) is -0.328. The van der Waals surface area contributed by atoms with Crippen LogP contribution in [0.5, 0.6) is 0 Å². The molecule has 0 spiro atoms. The van der Waals surface area contributed by atoms with Crippen molar-refractivity contribution in [1.29, 1.82) is 0 Å². The fourth-order valence-corrected chi connectivity index (χ4v) is 0.923. The highest BCUT2D eigenvalue weighted by atomic mass is 16.6. The van der Waals surface area contributed by atoms with Crippen LogP contribution in [-0.4, -0.2) is 38.5 Å². The molecule has 0 aliphatic heterocycles. The molecule has 0 heterocycles. The van der Waals surface area contributed by atoms with E-state index < -0.39 is 12.2 Å². The summed E-state index contributed by atoms with van der Waals surface area (Å²) in [6.07, 6.45) is -1.29. The van der Waals surface area contributed by atoms with Crippen LogP contribution in [0.1, 0.15) is 0 Å². The topological polar surface area (TPSA) is 139 Å². The van der Waals surface area contributed by atoms with Crippen molar-refractivity contribution in [3.05, 3.63) is 9.81 Å². The molecule has 2 atom stereocenters. The highest BCUT2D eigenvalue weighted by Crippen LogP contribution is 2.01. The number of ether oxygens (including phenoxy) is 1. The normalized spacial score (nSPS) is 14.5. The third kappa shape index (κ3) is 6.99. The Morgan fingerprint density at radius 1 is 0.933 bits per heavy atom. The van der Waals surface area contributed by atoms with Crippen LogP contribution in [0.15, 0.2) is 10.4 Å². The number of hydrogen-bond donors (Lipinski definition) is 2. The lowest BCUT2D eigenvalue weighted by Gasteiger charge is -2.19. The van der Waals surface area contributed by atoms with Gasteiger partial charge >= 0.3 is 0 Å². The molecule has 2 unspecified atom stereocenters. The zero-order valence-corrected chi connectivity index (χ0v) is 8.07. The molecule has 0 amide bonds. The average Bonchev–Trinajstić information content (AvgIpc) is 2.19. The zero-order valence-electron chi connectivity index (χ0n) is 8.07. The Hall–Kier alpha value is -1.00. The van der Waals surface area contributed by atoms with Crippen molar-refractivity contribution in [1.82, 2.24) is 0 Å². The van der Waals surface area contributed by atoms with E-state index in [0.29, 0.717) is 0 Å². The second-order valence-electron chi connectivity index (χ2n) is 2.67. The average molecular weight is 222 g/mol. The quantitative estimate of drug-likeness (QED) is 0.359. The van der Waals surface area contributed by atoms with E-state index in [9.17, 15) is 9.81 Å². The summed E-state index contributed by atoms with van der Waals surface area (Å²) < 4.78 is 5.21. The lowest BCUT2D eigenvalue weighted by Crippen LogP contribution is -2.34. The third-order valence-electron chi connectivity index (χ3n) is 1.51. The Morgan fingerprint density at radius 2 is 1.33 bits per heavy atom. The van der Waals surface area contributed by atoms with Gasteiger partial charge in [0.25, 0.3) is 0 Å². The number of rotatable bonds is 10. The van der Waals surface area contributed by atoms with Gasteiger partial charge in [0.2, 0.25) is 0 Å². The van der Waals surface area contributed by atoms with E-state index in [1.807, 2.05) is 0 Å².